The average molecular weight is 297 g/mol. The van der Waals surface area contributed by atoms with Crippen molar-refractivity contribution in [2.75, 3.05) is 6.61 Å². The van der Waals surface area contributed by atoms with Crippen molar-refractivity contribution in [1.29, 1.82) is 0 Å². The molecule has 1 heterocycles. The van der Waals surface area contributed by atoms with E-state index in [2.05, 4.69) is 0 Å². The summed E-state index contributed by atoms with van der Waals surface area (Å²) in [6.45, 7) is -0.389. The van der Waals surface area contributed by atoms with Gasteiger partial charge in [0.1, 0.15) is 24.3 Å². The third kappa shape index (κ3) is 2.37. The summed E-state index contributed by atoms with van der Waals surface area (Å²) in [4.78, 5) is 24.6. The maximum absolute atomic E-state index is 14.0. The van der Waals surface area contributed by atoms with Crippen molar-refractivity contribution in [2.45, 2.75) is 31.0 Å². The van der Waals surface area contributed by atoms with Crippen LogP contribution >= 0.6 is 0 Å². The lowest BCUT2D eigenvalue weighted by Crippen LogP contribution is -2.53. The maximum Gasteiger partial charge on any atom is 0.335 e. The summed E-state index contributed by atoms with van der Waals surface area (Å²) < 4.78 is 33.1. The second-order valence-corrected chi connectivity index (χ2v) is 5.18. The van der Waals surface area contributed by atoms with Crippen molar-refractivity contribution < 1.29 is 28.2 Å². The predicted octanol–water partition coefficient (Wildman–Crippen LogP) is 1.48. The number of benzene rings is 1. The fourth-order valence-electron chi connectivity index (χ4n) is 2.70. The monoisotopic (exact) mass is 297 g/mol. The molecule has 0 radical (unpaired) electrons. The molecule has 1 saturated carbocycles. The number of carboxylic acids is 1. The van der Waals surface area contributed by atoms with E-state index in [1.165, 1.54) is 11.0 Å². The van der Waals surface area contributed by atoms with Crippen molar-refractivity contribution >= 4 is 11.9 Å². The summed E-state index contributed by atoms with van der Waals surface area (Å²) in [5.74, 6) is -3.55. The SMILES string of the molecule is O=C(O)C1OCC(=O)N(C2CC2)C1c1c(F)cccc1F. The highest BCUT2D eigenvalue weighted by molar-refractivity contribution is 5.83. The third-order valence-electron chi connectivity index (χ3n) is 3.74. The first kappa shape index (κ1) is 13.9. The van der Waals surface area contributed by atoms with E-state index >= 15 is 0 Å². The van der Waals surface area contributed by atoms with Crippen molar-refractivity contribution in [1.82, 2.24) is 4.90 Å². The molecule has 2 atom stereocenters. The van der Waals surface area contributed by atoms with Gasteiger partial charge in [0.2, 0.25) is 5.91 Å². The normalized spacial score (nSPS) is 26.0. The second-order valence-electron chi connectivity index (χ2n) is 5.18. The number of aliphatic carboxylic acids is 1. The minimum atomic E-state index is -1.48. The molecule has 7 heteroatoms. The van der Waals surface area contributed by atoms with Crippen LogP contribution in [0.3, 0.4) is 0 Å². The molecule has 0 bridgehead atoms. The molecule has 5 nitrogen and oxygen atoms in total. The molecule has 1 aliphatic heterocycles. The summed E-state index contributed by atoms with van der Waals surface area (Å²) in [5, 5.41) is 9.25. The van der Waals surface area contributed by atoms with Crippen LogP contribution in [0, 0.1) is 11.6 Å². The smallest absolute Gasteiger partial charge is 0.335 e. The van der Waals surface area contributed by atoms with E-state index in [4.69, 9.17) is 4.74 Å². The van der Waals surface area contributed by atoms with Crippen molar-refractivity contribution in [3.8, 4) is 0 Å². The van der Waals surface area contributed by atoms with Crippen molar-refractivity contribution in [2.24, 2.45) is 0 Å². The van der Waals surface area contributed by atoms with Crippen LogP contribution in [0.4, 0.5) is 8.78 Å². The van der Waals surface area contributed by atoms with E-state index in [0.717, 1.165) is 12.1 Å². The summed E-state index contributed by atoms with van der Waals surface area (Å²) in [6, 6.07) is 1.82. The van der Waals surface area contributed by atoms with Gasteiger partial charge >= 0.3 is 5.97 Å². The molecule has 112 valence electrons. The number of carbonyl (C=O) groups is 2. The Morgan fingerprint density at radius 3 is 2.43 bits per heavy atom. The van der Waals surface area contributed by atoms with Gasteiger partial charge in [0.25, 0.3) is 0 Å². The number of hydrogen-bond acceptors (Lipinski definition) is 3. The van der Waals surface area contributed by atoms with Gasteiger partial charge in [-0.25, -0.2) is 13.6 Å². The third-order valence-corrected chi connectivity index (χ3v) is 3.74. The molecular formula is C14H13F2NO4. The van der Waals surface area contributed by atoms with Gasteiger partial charge in [0.05, 0.1) is 0 Å². The van der Waals surface area contributed by atoms with Crippen molar-refractivity contribution in [3.63, 3.8) is 0 Å². The molecule has 1 aromatic rings. The van der Waals surface area contributed by atoms with Crippen LogP contribution in [0.25, 0.3) is 0 Å². The Labute approximate surface area is 119 Å². The number of rotatable bonds is 3. The van der Waals surface area contributed by atoms with Gasteiger partial charge in [0, 0.05) is 11.6 Å². The summed E-state index contributed by atoms with van der Waals surface area (Å²) in [6.07, 6.45) is -0.0790. The van der Waals surface area contributed by atoms with Crippen LogP contribution < -0.4 is 0 Å². The number of carbonyl (C=O) groups excluding carboxylic acids is 1. The highest BCUT2D eigenvalue weighted by atomic mass is 19.1. The molecule has 21 heavy (non-hydrogen) atoms. The van der Waals surface area contributed by atoms with Gasteiger partial charge in [0.15, 0.2) is 6.10 Å². The highest BCUT2D eigenvalue weighted by Gasteiger charge is 2.49. The van der Waals surface area contributed by atoms with Crippen LogP contribution in [0.15, 0.2) is 18.2 Å². The number of ether oxygens (including phenoxy) is 1. The average Bonchev–Trinajstić information content (AvgIpc) is 3.22. The first-order chi connectivity index (χ1) is 10.0. The molecule has 1 N–H and O–H groups in total. The molecule has 1 saturated heterocycles. The number of halogens is 2. The fraction of sp³-hybridized carbons (Fsp3) is 0.429. The standard InChI is InChI=1S/C14H13F2NO4/c15-8-2-1-3-9(16)11(8)12-13(14(19)20)21-6-10(18)17(12)7-4-5-7/h1-3,7,12-13H,4-6H2,(H,19,20). The Bertz CT molecular complexity index is 582. The van der Waals surface area contributed by atoms with E-state index in [1.807, 2.05) is 0 Å². The summed E-state index contributed by atoms with van der Waals surface area (Å²) >= 11 is 0. The topological polar surface area (TPSA) is 66.8 Å². The Balaban J connectivity index is 2.11. The minimum absolute atomic E-state index is 0.174. The lowest BCUT2D eigenvalue weighted by molar-refractivity contribution is -0.174. The van der Waals surface area contributed by atoms with Crippen LogP contribution in [0.1, 0.15) is 24.4 Å². The van der Waals surface area contributed by atoms with Gasteiger partial charge < -0.3 is 14.7 Å². The predicted molar refractivity (Wildman–Crippen MR) is 66.3 cm³/mol. The molecule has 2 aliphatic rings. The molecule has 3 rings (SSSR count). The highest BCUT2D eigenvalue weighted by Crippen LogP contribution is 2.41. The second kappa shape index (κ2) is 5.07. The van der Waals surface area contributed by atoms with Crippen LogP contribution in [0.5, 0.6) is 0 Å². The molecule has 1 aromatic carbocycles. The molecule has 1 amide bonds. The van der Waals surface area contributed by atoms with Crippen LogP contribution in [-0.2, 0) is 14.3 Å². The maximum atomic E-state index is 14.0. The molecular weight excluding hydrogens is 284 g/mol. The Hall–Kier alpha value is -2.02. The molecule has 2 unspecified atom stereocenters. The van der Waals surface area contributed by atoms with Crippen LogP contribution in [0.2, 0.25) is 0 Å². The zero-order valence-electron chi connectivity index (χ0n) is 11.0. The van der Waals surface area contributed by atoms with E-state index in [0.29, 0.717) is 12.8 Å². The number of amides is 1. The molecule has 2 fully saturated rings. The molecule has 1 aliphatic carbocycles. The van der Waals surface area contributed by atoms with Gasteiger partial charge in [-0.15, -0.1) is 0 Å². The quantitative estimate of drug-likeness (QED) is 0.917. The summed E-state index contributed by atoms with van der Waals surface area (Å²) in [5.41, 5.74) is -0.426. The van der Waals surface area contributed by atoms with Crippen molar-refractivity contribution in [3.05, 3.63) is 35.4 Å². The zero-order chi connectivity index (χ0) is 15.1. The van der Waals surface area contributed by atoms with E-state index in [-0.39, 0.29) is 12.6 Å². The number of hydrogen-bond donors (Lipinski definition) is 1. The first-order valence-corrected chi connectivity index (χ1v) is 6.60. The number of nitrogens with zero attached hydrogens (tertiary/aromatic N) is 1. The molecule has 0 aromatic heterocycles. The minimum Gasteiger partial charge on any atom is -0.479 e. The zero-order valence-corrected chi connectivity index (χ0v) is 11.0. The first-order valence-electron chi connectivity index (χ1n) is 6.60. The Morgan fingerprint density at radius 2 is 1.90 bits per heavy atom. The lowest BCUT2D eigenvalue weighted by atomic mass is 9.96. The van der Waals surface area contributed by atoms with Gasteiger partial charge in [-0.3, -0.25) is 4.79 Å². The van der Waals surface area contributed by atoms with Crippen LogP contribution in [-0.4, -0.2) is 40.6 Å². The van der Waals surface area contributed by atoms with E-state index < -0.39 is 41.2 Å². The summed E-state index contributed by atoms with van der Waals surface area (Å²) in [7, 11) is 0. The van der Waals surface area contributed by atoms with Gasteiger partial charge in [-0.2, -0.15) is 0 Å². The molecule has 0 spiro atoms. The number of morpholine rings is 1. The van der Waals surface area contributed by atoms with Gasteiger partial charge in [-0.05, 0) is 25.0 Å². The number of carboxylic acid groups (broad SMARTS) is 1. The lowest BCUT2D eigenvalue weighted by Gasteiger charge is -2.39. The largest absolute Gasteiger partial charge is 0.479 e. The Morgan fingerprint density at radius 1 is 1.29 bits per heavy atom. The van der Waals surface area contributed by atoms with E-state index in [1.54, 1.807) is 0 Å². The fourth-order valence-corrected chi connectivity index (χ4v) is 2.70. The Kier molecular flexibility index (Phi) is 3.36. The van der Waals surface area contributed by atoms with Gasteiger partial charge in [-0.1, -0.05) is 6.07 Å². The van der Waals surface area contributed by atoms with E-state index in [9.17, 15) is 23.5 Å².